The molecule has 0 unspecified atom stereocenters. The quantitative estimate of drug-likeness (QED) is 0.0346. The van der Waals surface area contributed by atoms with Gasteiger partial charge in [0.1, 0.15) is 34.5 Å². The summed E-state index contributed by atoms with van der Waals surface area (Å²) in [5.74, 6) is 5.35. The first-order chi connectivity index (χ1) is 49.0. The van der Waals surface area contributed by atoms with Gasteiger partial charge in [0, 0.05) is 19.3 Å². The Balaban J connectivity index is 0.790. The molecule has 0 bridgehead atoms. The number of hydrogen-bond acceptors (Lipinski definition) is 9. The van der Waals surface area contributed by atoms with E-state index >= 15 is 0 Å². The van der Waals surface area contributed by atoms with E-state index in [4.69, 9.17) is 42.6 Å². The monoisotopic (exact) mass is 1350 g/mol. The second-order valence-corrected chi connectivity index (χ2v) is 27.2. The smallest absolute Gasteiger partial charge is 0.119 e. The maximum atomic E-state index is 6.25. The zero-order valence-corrected chi connectivity index (χ0v) is 61.6. The normalized spacial score (nSPS) is 11.3. The Morgan fingerprint density at radius 3 is 0.515 bits per heavy atom. The lowest BCUT2D eigenvalue weighted by molar-refractivity contribution is 0.100. The summed E-state index contributed by atoms with van der Waals surface area (Å²) in [6, 6.07) is 56.9. The van der Waals surface area contributed by atoms with Crippen molar-refractivity contribution in [2.45, 2.75) is 252 Å². The summed E-state index contributed by atoms with van der Waals surface area (Å²) < 4.78 is 55.4. The van der Waals surface area contributed by atoms with E-state index in [0.29, 0.717) is 59.5 Å². The largest absolute Gasteiger partial charge is 0.494 e. The van der Waals surface area contributed by atoms with Crippen LogP contribution in [0.3, 0.4) is 0 Å². The Morgan fingerprint density at radius 2 is 0.333 bits per heavy atom. The summed E-state index contributed by atoms with van der Waals surface area (Å²) >= 11 is 0. The molecule has 99 heavy (non-hydrogen) atoms. The Kier molecular flexibility index (Phi) is 42.0. The number of hydrogen-bond donors (Lipinski definition) is 0. The third-order valence-electron chi connectivity index (χ3n) is 18.4. The van der Waals surface area contributed by atoms with Crippen molar-refractivity contribution < 1.29 is 42.6 Å². The lowest BCUT2D eigenvalue weighted by atomic mass is 10.1. The molecule has 7 aromatic carbocycles. The molecule has 0 saturated carbocycles. The Hall–Kier alpha value is -6.78. The molecule has 0 aliphatic heterocycles. The van der Waals surface area contributed by atoms with Crippen LogP contribution in [0.2, 0.25) is 0 Å². The summed E-state index contributed by atoms with van der Waals surface area (Å²) in [6.07, 6.45) is 42.1. The van der Waals surface area contributed by atoms with Crippen LogP contribution in [0.4, 0.5) is 0 Å². The summed E-state index contributed by atoms with van der Waals surface area (Å²) in [6.45, 7) is 14.0. The van der Waals surface area contributed by atoms with Gasteiger partial charge in [0.05, 0.1) is 79.3 Å². The average Bonchev–Trinajstić information content (AvgIpc) is 1.02. The Bertz CT molecular complexity index is 2710. The molecule has 9 heteroatoms. The highest BCUT2D eigenvalue weighted by atomic mass is 16.5. The van der Waals surface area contributed by atoms with Gasteiger partial charge in [-0.15, -0.1) is 0 Å². The molecule has 0 atom stereocenters. The molecule has 7 aromatic rings. The molecule has 0 heterocycles. The molecule has 0 aromatic heterocycles. The van der Waals surface area contributed by atoms with Crippen LogP contribution >= 0.6 is 0 Å². The molecule has 0 amide bonds. The van der Waals surface area contributed by atoms with Crippen LogP contribution in [0, 0.1) is 0 Å². The molecular weight excluding hydrogens is 1220 g/mol. The van der Waals surface area contributed by atoms with Crippen molar-refractivity contribution in [2.75, 3.05) is 59.5 Å². The highest BCUT2D eigenvalue weighted by molar-refractivity contribution is 5.67. The second kappa shape index (κ2) is 52.2. The van der Waals surface area contributed by atoms with Crippen LogP contribution < -0.4 is 28.4 Å². The van der Waals surface area contributed by atoms with E-state index in [1.54, 1.807) is 0 Å². The van der Waals surface area contributed by atoms with Crippen LogP contribution in [0.25, 0.3) is 33.4 Å². The van der Waals surface area contributed by atoms with Crippen LogP contribution in [-0.4, -0.2) is 59.5 Å². The van der Waals surface area contributed by atoms with E-state index < -0.39 is 0 Å². The summed E-state index contributed by atoms with van der Waals surface area (Å²) in [4.78, 5) is 0. The third kappa shape index (κ3) is 35.4. The van der Waals surface area contributed by atoms with E-state index in [-0.39, 0.29) is 0 Å². The van der Waals surface area contributed by atoms with Crippen LogP contribution in [-0.2, 0) is 34.0 Å². The van der Waals surface area contributed by atoms with Gasteiger partial charge in [-0.1, -0.05) is 285 Å². The number of unbranched alkanes of at least 4 members (excludes halogenated alkanes) is 27. The lowest BCUT2D eigenvalue weighted by Crippen LogP contribution is -2.06. The summed E-state index contributed by atoms with van der Waals surface area (Å²) in [5, 5.41) is 0. The second-order valence-electron chi connectivity index (χ2n) is 27.2. The predicted octanol–water partition coefficient (Wildman–Crippen LogP) is 25.5. The summed E-state index contributed by atoms with van der Waals surface area (Å²) in [7, 11) is 0. The van der Waals surface area contributed by atoms with Gasteiger partial charge in [0.15, 0.2) is 0 Å². The van der Waals surface area contributed by atoms with E-state index in [1.807, 2.05) is 36.4 Å². The van der Waals surface area contributed by atoms with Crippen LogP contribution in [0.15, 0.2) is 164 Å². The molecule has 0 radical (unpaired) electrons. The first-order valence-electron chi connectivity index (χ1n) is 39.3. The van der Waals surface area contributed by atoms with E-state index in [0.717, 1.165) is 143 Å². The zero-order valence-electron chi connectivity index (χ0n) is 61.6. The lowest BCUT2D eigenvalue weighted by Gasteiger charge is -2.13. The van der Waals surface area contributed by atoms with E-state index in [2.05, 4.69) is 148 Å². The van der Waals surface area contributed by atoms with Gasteiger partial charge in [0.2, 0.25) is 0 Å². The molecule has 0 fully saturated rings. The van der Waals surface area contributed by atoms with Gasteiger partial charge in [-0.2, -0.15) is 0 Å². The van der Waals surface area contributed by atoms with Crippen molar-refractivity contribution in [1.29, 1.82) is 0 Å². The molecule has 0 aliphatic carbocycles. The Labute approximate surface area is 599 Å². The predicted molar refractivity (Wildman–Crippen MR) is 413 cm³/mol. The standard InChI is InChI=1S/C90H126O9/c1-4-7-10-13-16-19-22-25-28-31-64-94-85-49-37-79(38-50-85)82-43-55-88(56-44-82)97-67-34-61-91-73-76-70-77(74-92-62-35-68-98-89-57-45-83(46-58-89)80-39-51-86(52-40-80)95-65-32-29-26-23-20-17-14-11-8-5-2)72-78(71-76)75-93-63-36-69-99-90-59-47-84(48-60-90)81-41-53-87(54-42-81)96-66-33-30-27-24-21-18-15-12-9-6-3/h37-60,70-72H,4-36,61-69,73-75H2,1-3H3. The maximum Gasteiger partial charge on any atom is 0.119 e. The Morgan fingerprint density at radius 1 is 0.172 bits per heavy atom. The molecular formula is C90H126O9. The van der Waals surface area contributed by atoms with Gasteiger partial charge in [-0.3, -0.25) is 0 Å². The molecule has 540 valence electrons. The van der Waals surface area contributed by atoms with Gasteiger partial charge in [-0.25, -0.2) is 0 Å². The zero-order chi connectivity index (χ0) is 68.9. The third-order valence-corrected chi connectivity index (χ3v) is 18.4. The highest BCUT2D eigenvalue weighted by Gasteiger charge is 2.09. The van der Waals surface area contributed by atoms with E-state index in [9.17, 15) is 0 Å². The number of rotatable bonds is 60. The minimum atomic E-state index is 0.482. The topological polar surface area (TPSA) is 83.1 Å². The summed E-state index contributed by atoms with van der Waals surface area (Å²) in [5.41, 5.74) is 10.2. The van der Waals surface area contributed by atoms with Gasteiger partial charge >= 0.3 is 0 Å². The van der Waals surface area contributed by atoms with Gasteiger partial charge in [0.25, 0.3) is 0 Å². The number of ether oxygens (including phenoxy) is 9. The first-order valence-corrected chi connectivity index (χ1v) is 39.3. The number of benzene rings is 7. The van der Waals surface area contributed by atoms with Crippen LogP contribution in [0.1, 0.15) is 249 Å². The van der Waals surface area contributed by atoms with Crippen molar-refractivity contribution in [3.8, 4) is 67.9 Å². The van der Waals surface area contributed by atoms with Gasteiger partial charge in [-0.05, 0) is 142 Å². The average molecular weight is 1350 g/mol. The fourth-order valence-corrected chi connectivity index (χ4v) is 12.5. The molecule has 0 N–H and O–H groups in total. The maximum absolute atomic E-state index is 6.25. The van der Waals surface area contributed by atoms with Crippen molar-refractivity contribution in [1.82, 2.24) is 0 Å². The van der Waals surface area contributed by atoms with Gasteiger partial charge < -0.3 is 42.6 Å². The van der Waals surface area contributed by atoms with Crippen molar-refractivity contribution in [3.63, 3.8) is 0 Å². The van der Waals surface area contributed by atoms with E-state index in [1.165, 1.54) is 173 Å². The highest BCUT2D eigenvalue weighted by Crippen LogP contribution is 2.29. The molecule has 0 spiro atoms. The fraction of sp³-hybridized carbons (Fsp3) is 0.533. The van der Waals surface area contributed by atoms with Crippen molar-refractivity contribution in [2.24, 2.45) is 0 Å². The minimum Gasteiger partial charge on any atom is -0.494 e. The SMILES string of the molecule is CCCCCCCCCCCCOc1ccc(-c2ccc(OCCCOCc3cc(COCCCOc4ccc(-c5ccc(OCCCCCCCCCCCC)cc5)cc4)cc(COCCCOc4ccc(-c5ccc(OCCCCCCCCCCCC)cc5)cc4)c3)cc2)cc1. The first kappa shape index (κ1) is 79.5. The molecule has 7 rings (SSSR count). The van der Waals surface area contributed by atoms with Crippen molar-refractivity contribution in [3.05, 3.63) is 180 Å². The molecule has 9 nitrogen and oxygen atoms in total. The fourth-order valence-electron chi connectivity index (χ4n) is 12.5. The van der Waals surface area contributed by atoms with Crippen molar-refractivity contribution >= 4 is 0 Å². The molecule has 0 aliphatic rings. The van der Waals surface area contributed by atoms with Crippen LogP contribution in [0.5, 0.6) is 34.5 Å². The molecule has 0 saturated heterocycles. The minimum absolute atomic E-state index is 0.482.